The van der Waals surface area contributed by atoms with Crippen LogP contribution in [0.4, 0.5) is 0 Å². The van der Waals surface area contributed by atoms with E-state index in [0.717, 1.165) is 5.56 Å². The lowest BCUT2D eigenvalue weighted by atomic mass is 9.54. The Labute approximate surface area is 252 Å². The van der Waals surface area contributed by atoms with Crippen molar-refractivity contribution in [2.45, 2.75) is 110 Å². The number of allylic oxidation sites excluding steroid dienone is 4. The Morgan fingerprint density at radius 1 is 1.07 bits per heavy atom. The molecule has 0 spiro atoms. The van der Waals surface area contributed by atoms with E-state index in [2.05, 4.69) is 58.9 Å². The van der Waals surface area contributed by atoms with Gasteiger partial charge in [0.25, 0.3) is 0 Å². The van der Waals surface area contributed by atoms with Gasteiger partial charge in [-0.15, -0.1) is 0 Å². The van der Waals surface area contributed by atoms with Crippen LogP contribution in [-0.2, 0) is 30.2 Å². The molecule has 2 saturated carbocycles. The molecule has 2 aliphatic heterocycles. The molecule has 2 aliphatic carbocycles. The number of fused-ring (bicyclic) bond motifs is 3. The number of ether oxygens (including phenoxy) is 4. The summed E-state index contributed by atoms with van der Waals surface area (Å²) in [7, 11) is 0. The van der Waals surface area contributed by atoms with Gasteiger partial charge in [0.1, 0.15) is 6.10 Å². The van der Waals surface area contributed by atoms with E-state index in [1.807, 2.05) is 51.1 Å². The van der Waals surface area contributed by atoms with Crippen LogP contribution in [0.1, 0.15) is 73.8 Å². The van der Waals surface area contributed by atoms with E-state index in [1.54, 1.807) is 0 Å². The summed E-state index contributed by atoms with van der Waals surface area (Å²) in [6, 6.07) is 9.63. The Kier molecular flexibility index (Phi) is 8.67. The molecule has 0 unspecified atom stereocenters. The number of esters is 1. The lowest BCUT2D eigenvalue weighted by Crippen LogP contribution is -2.57. The van der Waals surface area contributed by atoms with Crippen LogP contribution >= 0.6 is 0 Å². The Bertz CT molecular complexity index is 1230. The topological polar surface area (TPSA) is 77.5 Å². The molecule has 0 radical (unpaired) electrons. The molecule has 2 heterocycles. The molecule has 6 nitrogen and oxygen atoms in total. The van der Waals surface area contributed by atoms with Crippen molar-refractivity contribution in [2.24, 2.45) is 29.6 Å². The van der Waals surface area contributed by atoms with Gasteiger partial charge in [0, 0.05) is 11.8 Å². The fraction of sp³-hybridized carbons (Fsp3) is 0.639. The average molecular weight is 579 g/mol. The lowest BCUT2D eigenvalue weighted by Gasteiger charge is -2.51. The molecule has 4 fully saturated rings. The predicted octanol–water partition coefficient (Wildman–Crippen LogP) is 6.58. The van der Waals surface area contributed by atoms with Crippen molar-refractivity contribution < 1.29 is 28.8 Å². The van der Waals surface area contributed by atoms with E-state index >= 15 is 0 Å². The molecule has 0 bridgehead atoms. The van der Waals surface area contributed by atoms with Crippen LogP contribution in [0.3, 0.4) is 0 Å². The summed E-state index contributed by atoms with van der Waals surface area (Å²) in [6.07, 6.45) is 9.76. The van der Waals surface area contributed by atoms with Crippen LogP contribution in [0.25, 0.3) is 0 Å². The van der Waals surface area contributed by atoms with Crippen molar-refractivity contribution in [3.63, 3.8) is 0 Å². The average Bonchev–Trinajstić information content (AvgIpc) is 3.62. The first-order valence-corrected chi connectivity index (χ1v) is 15.7. The van der Waals surface area contributed by atoms with E-state index in [1.165, 1.54) is 11.1 Å². The third-order valence-electron chi connectivity index (χ3n) is 10.3. The molecule has 5 rings (SSSR count). The third kappa shape index (κ3) is 6.19. The largest absolute Gasteiger partial charge is 0.459 e. The quantitative estimate of drug-likeness (QED) is 0.171. The molecule has 230 valence electrons. The van der Waals surface area contributed by atoms with Gasteiger partial charge in [-0.05, 0) is 90.2 Å². The summed E-state index contributed by atoms with van der Waals surface area (Å²) >= 11 is 0. The Hall–Kier alpha value is -2.25. The molecule has 1 N–H and O–H groups in total. The molecule has 4 aliphatic rings. The second kappa shape index (κ2) is 11.7. The number of carbonyl (C=O) groups excluding carboxylic acids is 1. The Balaban J connectivity index is 1.40. The highest BCUT2D eigenvalue weighted by atomic mass is 16.7. The maximum atomic E-state index is 13.0. The minimum absolute atomic E-state index is 0.00239. The molecule has 0 aromatic heterocycles. The molecule has 0 amide bonds. The fourth-order valence-corrected chi connectivity index (χ4v) is 8.02. The van der Waals surface area contributed by atoms with Gasteiger partial charge in [-0.2, -0.15) is 0 Å². The SMILES string of the molecule is C/C=C(\C)[C@H]1[C@@H](/C=C/C=C(\C)[C@H]2OC(C)(C)OC[C@@H]2C)[C@@H]2C[C@@H](OC(=O)Cc3ccccc3)[C@](C)(O)C[C@H]2[C@@H]2O[C@@]21C. The Morgan fingerprint density at radius 3 is 2.48 bits per heavy atom. The first-order chi connectivity index (χ1) is 19.8. The second-order valence-electron chi connectivity index (χ2n) is 14.1. The normalized spacial score (nSPS) is 41.6. The van der Waals surface area contributed by atoms with Crippen molar-refractivity contribution in [3.05, 3.63) is 71.3 Å². The van der Waals surface area contributed by atoms with Crippen molar-refractivity contribution in [2.75, 3.05) is 6.61 Å². The van der Waals surface area contributed by atoms with E-state index in [4.69, 9.17) is 18.9 Å². The maximum absolute atomic E-state index is 13.0. The zero-order chi connectivity index (χ0) is 30.4. The fourth-order valence-electron chi connectivity index (χ4n) is 8.02. The standard InChI is InChI=1S/C36H50O6/c1-9-22(2)31-26(17-13-14-23(3)32-24(4)21-39-34(5,6)41-32)27-19-29(40-30(37)18-25-15-11-10-12-16-25)35(7,38)20-28(27)33-36(31,8)42-33/h9-17,24,26-29,31-33,38H,18-21H2,1-8H3/b17-13+,22-9+,23-14+/t24-,26-,27-,28+,29+,31-,32+,33-,35+,36+/m0/s1. The van der Waals surface area contributed by atoms with Crippen LogP contribution < -0.4 is 0 Å². The van der Waals surface area contributed by atoms with Gasteiger partial charge in [-0.3, -0.25) is 4.79 Å². The van der Waals surface area contributed by atoms with Gasteiger partial charge < -0.3 is 24.1 Å². The zero-order valence-electron chi connectivity index (χ0n) is 26.6. The minimum Gasteiger partial charge on any atom is -0.459 e. The summed E-state index contributed by atoms with van der Waals surface area (Å²) in [6.45, 7) is 17.2. The molecule has 1 aromatic rings. The monoisotopic (exact) mass is 578 g/mol. The van der Waals surface area contributed by atoms with E-state index < -0.39 is 17.5 Å². The number of aliphatic hydroxyl groups is 1. The highest BCUT2D eigenvalue weighted by molar-refractivity contribution is 5.72. The summed E-state index contributed by atoms with van der Waals surface area (Å²) in [5, 5.41) is 11.6. The smallest absolute Gasteiger partial charge is 0.310 e. The molecule has 6 heteroatoms. The van der Waals surface area contributed by atoms with E-state index in [9.17, 15) is 9.90 Å². The minimum atomic E-state index is -1.11. The van der Waals surface area contributed by atoms with Gasteiger partial charge >= 0.3 is 5.97 Å². The second-order valence-corrected chi connectivity index (χ2v) is 14.1. The van der Waals surface area contributed by atoms with E-state index in [-0.39, 0.29) is 59.8 Å². The zero-order valence-corrected chi connectivity index (χ0v) is 26.6. The summed E-state index contributed by atoms with van der Waals surface area (Å²) in [5.74, 6) is 0.158. The van der Waals surface area contributed by atoms with Crippen molar-refractivity contribution >= 4 is 5.97 Å². The number of epoxide rings is 1. The highest BCUT2D eigenvalue weighted by Gasteiger charge is 2.70. The van der Waals surface area contributed by atoms with Gasteiger partial charge in [0.2, 0.25) is 0 Å². The Morgan fingerprint density at radius 2 is 1.79 bits per heavy atom. The number of benzene rings is 1. The molecule has 42 heavy (non-hydrogen) atoms. The van der Waals surface area contributed by atoms with Crippen LogP contribution in [0.15, 0.2) is 65.8 Å². The lowest BCUT2D eigenvalue weighted by molar-refractivity contribution is -0.282. The van der Waals surface area contributed by atoms with Gasteiger partial charge in [-0.25, -0.2) is 0 Å². The van der Waals surface area contributed by atoms with E-state index in [0.29, 0.717) is 19.4 Å². The highest BCUT2D eigenvalue weighted by Crippen LogP contribution is 2.64. The molecule has 2 saturated heterocycles. The van der Waals surface area contributed by atoms with Gasteiger partial charge in [-0.1, -0.05) is 67.1 Å². The van der Waals surface area contributed by atoms with Gasteiger partial charge in [0.15, 0.2) is 5.79 Å². The van der Waals surface area contributed by atoms with Crippen LogP contribution in [0, 0.1) is 29.6 Å². The predicted molar refractivity (Wildman–Crippen MR) is 164 cm³/mol. The molecule has 1 aromatic carbocycles. The number of hydrogen-bond donors (Lipinski definition) is 1. The van der Waals surface area contributed by atoms with Crippen molar-refractivity contribution in [1.29, 1.82) is 0 Å². The van der Waals surface area contributed by atoms with Crippen LogP contribution in [-0.4, -0.2) is 53.0 Å². The first kappa shape index (κ1) is 31.2. The van der Waals surface area contributed by atoms with Crippen molar-refractivity contribution in [1.82, 2.24) is 0 Å². The number of carbonyl (C=O) groups is 1. The summed E-state index contributed by atoms with van der Waals surface area (Å²) < 4.78 is 24.7. The van der Waals surface area contributed by atoms with Crippen molar-refractivity contribution in [3.8, 4) is 0 Å². The van der Waals surface area contributed by atoms with Crippen LogP contribution in [0.2, 0.25) is 0 Å². The molecule has 10 atom stereocenters. The van der Waals surface area contributed by atoms with Crippen LogP contribution in [0.5, 0.6) is 0 Å². The third-order valence-corrected chi connectivity index (χ3v) is 10.3. The number of rotatable bonds is 7. The molecular weight excluding hydrogens is 528 g/mol. The maximum Gasteiger partial charge on any atom is 0.310 e. The first-order valence-electron chi connectivity index (χ1n) is 15.7. The molecular formula is C36H50O6. The van der Waals surface area contributed by atoms with Gasteiger partial charge in [0.05, 0.1) is 36.4 Å². The number of hydrogen-bond acceptors (Lipinski definition) is 6. The summed E-state index contributed by atoms with van der Waals surface area (Å²) in [5.41, 5.74) is 2.02. The summed E-state index contributed by atoms with van der Waals surface area (Å²) in [4.78, 5) is 13.0.